The van der Waals surface area contributed by atoms with Crippen molar-refractivity contribution in [3.05, 3.63) is 135 Å². The maximum absolute atomic E-state index is 13.6. The van der Waals surface area contributed by atoms with Crippen LogP contribution in [0.1, 0.15) is 46.9 Å². The smallest absolute Gasteiger partial charge is 0.441 e. The van der Waals surface area contributed by atoms with Gasteiger partial charge in [0.15, 0.2) is 5.43 Å². The predicted octanol–water partition coefficient (Wildman–Crippen LogP) is 6.45. The molecule has 258 valence electrons. The molecule has 50 heavy (non-hydrogen) atoms. The number of hydrogen-bond acceptors (Lipinski definition) is 9. The van der Waals surface area contributed by atoms with Crippen molar-refractivity contribution in [2.75, 3.05) is 10.2 Å². The minimum atomic E-state index is -5.43. The topological polar surface area (TPSA) is 135 Å². The lowest BCUT2D eigenvalue weighted by molar-refractivity contribution is -0.205. The van der Waals surface area contributed by atoms with Gasteiger partial charge in [0.25, 0.3) is 15.9 Å². The van der Waals surface area contributed by atoms with Crippen LogP contribution in [0.4, 0.5) is 24.7 Å². The summed E-state index contributed by atoms with van der Waals surface area (Å²) in [6.45, 7) is 4.65. The van der Waals surface area contributed by atoms with Gasteiger partial charge in [-0.15, -0.1) is 0 Å². The van der Waals surface area contributed by atoms with Crippen LogP contribution < -0.4 is 20.4 Å². The van der Waals surface area contributed by atoms with Crippen LogP contribution in [0.2, 0.25) is 0 Å². The largest absolute Gasteiger partial charge is 0.490 e. The first kappa shape index (κ1) is 34.2. The van der Waals surface area contributed by atoms with Gasteiger partial charge in [-0.2, -0.15) is 13.2 Å². The monoisotopic (exact) mass is 705 g/mol. The summed E-state index contributed by atoms with van der Waals surface area (Å²) in [6, 6.07) is 24.5. The lowest BCUT2D eigenvalue weighted by Gasteiger charge is -2.22. The highest BCUT2D eigenvalue weighted by molar-refractivity contribution is 7.90. The zero-order chi connectivity index (χ0) is 35.8. The fourth-order valence-electron chi connectivity index (χ4n) is 5.84. The number of aryl methyl sites for hydroxylation is 1. The first-order valence-electron chi connectivity index (χ1n) is 15.4. The number of halogens is 3. The second-order valence-corrected chi connectivity index (χ2v) is 13.5. The minimum Gasteiger partial charge on any atom is -0.441 e. The van der Waals surface area contributed by atoms with E-state index < -0.39 is 45.1 Å². The number of rotatable bonds is 9. The molecule has 14 heteroatoms. The molecule has 10 nitrogen and oxygen atoms in total. The lowest BCUT2D eigenvalue weighted by atomic mass is 10.0. The Morgan fingerprint density at radius 2 is 1.52 bits per heavy atom. The minimum absolute atomic E-state index is 0.0343. The first-order valence-corrected chi connectivity index (χ1v) is 16.8. The second kappa shape index (κ2) is 13.3. The average molecular weight is 706 g/mol. The third-order valence-electron chi connectivity index (χ3n) is 8.19. The van der Waals surface area contributed by atoms with Crippen LogP contribution in [0.15, 0.2) is 111 Å². The number of ether oxygens (including phenoxy) is 1. The van der Waals surface area contributed by atoms with E-state index in [1.165, 1.54) is 54.6 Å². The van der Waals surface area contributed by atoms with Gasteiger partial charge in [0, 0.05) is 30.3 Å². The summed E-state index contributed by atoms with van der Waals surface area (Å²) in [6.07, 6.45) is -7.66. The van der Waals surface area contributed by atoms with E-state index in [1.54, 1.807) is 23.8 Å². The third-order valence-corrected chi connectivity index (χ3v) is 9.59. The van der Waals surface area contributed by atoms with Gasteiger partial charge in [-0.05, 0) is 48.7 Å². The highest BCUT2D eigenvalue weighted by Gasteiger charge is 2.44. The number of carbonyl (C=O) groups excluding carboxylic acids is 2. The van der Waals surface area contributed by atoms with Crippen molar-refractivity contribution in [1.29, 1.82) is 0 Å². The van der Waals surface area contributed by atoms with Crippen LogP contribution in [-0.4, -0.2) is 26.5 Å². The van der Waals surface area contributed by atoms with E-state index >= 15 is 0 Å². The number of sulfonamides is 1. The highest BCUT2D eigenvalue weighted by atomic mass is 32.2. The van der Waals surface area contributed by atoms with Gasteiger partial charge in [0.1, 0.15) is 10.5 Å². The van der Waals surface area contributed by atoms with Crippen LogP contribution in [-0.2, 0) is 37.4 Å². The number of fused-ring (bicyclic) bond motifs is 2. The number of alkyl halides is 3. The molecule has 2 atom stereocenters. The summed E-state index contributed by atoms with van der Waals surface area (Å²) in [7, 11) is -4.76. The summed E-state index contributed by atoms with van der Waals surface area (Å²) in [4.78, 5) is 39.7. The third kappa shape index (κ3) is 7.06. The number of anilines is 2. The van der Waals surface area contributed by atoms with Crippen molar-refractivity contribution in [3.63, 3.8) is 0 Å². The molecule has 1 aliphatic heterocycles. The number of hydrogen-bond donors (Lipinski definition) is 2. The summed E-state index contributed by atoms with van der Waals surface area (Å²) >= 11 is 0. The Morgan fingerprint density at radius 3 is 2.18 bits per heavy atom. The van der Waals surface area contributed by atoms with E-state index in [2.05, 4.69) is 10.1 Å². The molecule has 1 amide bonds. The van der Waals surface area contributed by atoms with Crippen molar-refractivity contribution in [2.45, 2.75) is 50.2 Å². The molecular formula is C36H30F3N3O7S. The SMILES string of the molecule is Cc1cc(C(C)Nc2ccccc2S(=O)(=O)NC(=O)C(OC(=O)C(F)(F)F)c2ccccc2)c2oc(N3Cc4ccccc4C3)cc(=O)c2c1. The number of para-hydroxylation sites is 1. The van der Waals surface area contributed by atoms with E-state index in [0.29, 0.717) is 35.5 Å². The zero-order valence-electron chi connectivity index (χ0n) is 26.7. The van der Waals surface area contributed by atoms with E-state index in [0.717, 1.165) is 16.7 Å². The number of carbonyl (C=O) groups is 2. The Morgan fingerprint density at radius 1 is 0.900 bits per heavy atom. The molecule has 6 rings (SSSR count). The van der Waals surface area contributed by atoms with Crippen molar-refractivity contribution in [1.82, 2.24) is 4.72 Å². The predicted molar refractivity (Wildman–Crippen MR) is 179 cm³/mol. The van der Waals surface area contributed by atoms with Crippen LogP contribution in [0, 0.1) is 6.92 Å². The first-order chi connectivity index (χ1) is 23.7. The van der Waals surface area contributed by atoms with Gasteiger partial charge in [0.05, 0.1) is 17.1 Å². The Balaban J connectivity index is 1.30. The number of esters is 1. The van der Waals surface area contributed by atoms with E-state index in [-0.39, 0.29) is 16.7 Å². The lowest BCUT2D eigenvalue weighted by Crippen LogP contribution is -2.38. The fraction of sp³-hybridized carbons (Fsp3) is 0.194. The quantitative estimate of drug-likeness (QED) is 0.166. The molecule has 0 bridgehead atoms. The Kier molecular flexibility index (Phi) is 9.14. The standard InChI is InChI=1S/C36H30F3N3O7S/c1-21-16-26(33-27(17-21)29(43)18-31(48-33)42-19-24-12-6-7-13-25(24)20-42)22(2)40-28-14-8-9-15-30(28)50(46,47)41-34(44)32(23-10-4-3-5-11-23)49-35(45)36(37,38)39/h3-18,22,32,40H,19-20H2,1-2H3,(H,41,44). The summed E-state index contributed by atoms with van der Waals surface area (Å²) < 4.78 is 78.9. The average Bonchev–Trinajstić information content (AvgIpc) is 3.51. The van der Waals surface area contributed by atoms with Crippen LogP contribution in [0.5, 0.6) is 0 Å². The van der Waals surface area contributed by atoms with Gasteiger partial charge in [0.2, 0.25) is 12.0 Å². The molecule has 2 unspecified atom stereocenters. The number of benzene rings is 4. The molecule has 1 aliphatic rings. The molecule has 0 radical (unpaired) electrons. The number of amides is 1. The molecule has 2 heterocycles. The number of nitrogens with one attached hydrogen (secondary N) is 2. The number of nitrogens with zero attached hydrogens (tertiary/aromatic N) is 1. The van der Waals surface area contributed by atoms with Crippen molar-refractivity contribution in [3.8, 4) is 0 Å². The van der Waals surface area contributed by atoms with Gasteiger partial charge in [-0.25, -0.2) is 17.9 Å². The highest BCUT2D eigenvalue weighted by Crippen LogP contribution is 2.34. The van der Waals surface area contributed by atoms with Gasteiger partial charge < -0.3 is 19.4 Å². The summed E-state index contributed by atoms with van der Waals surface area (Å²) in [5.74, 6) is -3.80. The molecule has 2 N–H and O–H groups in total. The molecule has 0 saturated heterocycles. The molecule has 0 fully saturated rings. The normalized spacial score (nSPS) is 14.1. The van der Waals surface area contributed by atoms with Crippen molar-refractivity contribution < 1.29 is 40.3 Å². The molecule has 0 saturated carbocycles. The van der Waals surface area contributed by atoms with E-state index in [1.807, 2.05) is 42.2 Å². The summed E-state index contributed by atoms with van der Waals surface area (Å²) in [5, 5.41) is 3.46. The van der Waals surface area contributed by atoms with Gasteiger partial charge in [-0.3, -0.25) is 9.59 Å². The fourth-order valence-corrected chi connectivity index (χ4v) is 6.99. The second-order valence-electron chi connectivity index (χ2n) is 11.8. The maximum atomic E-state index is 13.6. The Bertz CT molecular complexity index is 2250. The molecule has 0 aliphatic carbocycles. The molecular weight excluding hydrogens is 675 g/mol. The van der Waals surface area contributed by atoms with Crippen molar-refractivity contribution >= 4 is 44.4 Å². The van der Waals surface area contributed by atoms with Crippen LogP contribution in [0.3, 0.4) is 0 Å². The van der Waals surface area contributed by atoms with Crippen LogP contribution in [0.25, 0.3) is 11.0 Å². The maximum Gasteiger partial charge on any atom is 0.490 e. The van der Waals surface area contributed by atoms with Gasteiger partial charge in [-0.1, -0.05) is 72.8 Å². The summed E-state index contributed by atoms with van der Waals surface area (Å²) in [5.41, 5.74) is 3.45. The Labute approximate surface area is 284 Å². The van der Waals surface area contributed by atoms with Crippen LogP contribution >= 0.6 is 0 Å². The molecule has 1 aromatic heterocycles. The van der Waals surface area contributed by atoms with E-state index in [9.17, 15) is 36.0 Å². The molecule has 5 aromatic rings. The Hall–Kier alpha value is -5.63. The van der Waals surface area contributed by atoms with Crippen molar-refractivity contribution in [2.24, 2.45) is 0 Å². The zero-order valence-corrected chi connectivity index (χ0v) is 27.5. The molecule has 0 spiro atoms. The van der Waals surface area contributed by atoms with Gasteiger partial charge >= 0.3 is 12.1 Å². The van der Waals surface area contributed by atoms with E-state index in [4.69, 9.17) is 4.42 Å². The molecule has 4 aromatic carbocycles.